The van der Waals surface area contributed by atoms with Crippen molar-refractivity contribution in [3.8, 4) is 0 Å². The summed E-state index contributed by atoms with van der Waals surface area (Å²) in [6, 6.07) is 0. The highest BCUT2D eigenvalue weighted by atomic mass is 32.2. The molecule has 0 saturated carbocycles. The standard InChI is InChI=1S/C19H40O6S/c1-16(2)13-11-9-7-5-4-6-8-10-12-14-17(21)19(22)18(15-20)25-26(3,23)24/h16-22H,4-15H2,1-3H3/t17-,18-,19-/m1/s1. The highest BCUT2D eigenvalue weighted by Crippen LogP contribution is 2.16. The van der Waals surface area contributed by atoms with Gasteiger partial charge >= 0.3 is 0 Å². The summed E-state index contributed by atoms with van der Waals surface area (Å²) >= 11 is 0. The van der Waals surface area contributed by atoms with E-state index in [2.05, 4.69) is 18.0 Å². The summed E-state index contributed by atoms with van der Waals surface area (Å²) in [6.07, 6.45) is 9.16. The highest BCUT2D eigenvalue weighted by molar-refractivity contribution is 7.86. The largest absolute Gasteiger partial charge is 0.394 e. The van der Waals surface area contributed by atoms with E-state index in [0.717, 1.165) is 31.4 Å². The van der Waals surface area contributed by atoms with Crippen LogP contribution in [0.3, 0.4) is 0 Å². The van der Waals surface area contributed by atoms with Gasteiger partial charge in [-0.1, -0.05) is 78.1 Å². The molecule has 0 aromatic carbocycles. The van der Waals surface area contributed by atoms with Gasteiger partial charge in [0.2, 0.25) is 0 Å². The van der Waals surface area contributed by atoms with Crippen LogP contribution in [0.1, 0.15) is 84.5 Å². The molecule has 0 radical (unpaired) electrons. The van der Waals surface area contributed by atoms with Crippen LogP contribution in [0.4, 0.5) is 0 Å². The molecule has 7 heteroatoms. The van der Waals surface area contributed by atoms with E-state index in [9.17, 15) is 18.6 Å². The zero-order chi connectivity index (χ0) is 20.0. The smallest absolute Gasteiger partial charge is 0.264 e. The van der Waals surface area contributed by atoms with Crippen LogP contribution in [-0.2, 0) is 14.3 Å². The van der Waals surface area contributed by atoms with Crippen molar-refractivity contribution in [3.63, 3.8) is 0 Å². The number of aliphatic hydroxyl groups is 3. The Bertz CT molecular complexity index is 424. The Morgan fingerprint density at radius 1 is 0.808 bits per heavy atom. The van der Waals surface area contributed by atoms with Gasteiger partial charge in [-0.05, 0) is 12.3 Å². The minimum atomic E-state index is -3.79. The average molecular weight is 397 g/mol. The maximum absolute atomic E-state index is 11.1. The Kier molecular flexibility index (Phi) is 14.7. The Labute approximate surface area is 160 Å². The van der Waals surface area contributed by atoms with Gasteiger partial charge < -0.3 is 15.3 Å². The second-order valence-electron chi connectivity index (χ2n) is 7.73. The first kappa shape index (κ1) is 25.8. The second-order valence-corrected chi connectivity index (χ2v) is 9.33. The maximum Gasteiger partial charge on any atom is 0.264 e. The van der Waals surface area contributed by atoms with Gasteiger partial charge in [-0.3, -0.25) is 4.18 Å². The van der Waals surface area contributed by atoms with E-state index in [1.807, 2.05) is 0 Å². The fourth-order valence-electron chi connectivity index (χ4n) is 2.98. The molecule has 0 heterocycles. The van der Waals surface area contributed by atoms with Gasteiger partial charge in [-0.25, -0.2) is 0 Å². The molecule has 0 aromatic heterocycles. The third-order valence-corrected chi connectivity index (χ3v) is 5.13. The predicted octanol–water partition coefficient (Wildman–Crippen LogP) is 2.99. The summed E-state index contributed by atoms with van der Waals surface area (Å²) in [5, 5.41) is 29.0. The molecule has 0 aromatic rings. The zero-order valence-corrected chi connectivity index (χ0v) is 17.6. The van der Waals surface area contributed by atoms with Gasteiger partial charge in [0, 0.05) is 0 Å². The van der Waals surface area contributed by atoms with Crippen LogP contribution in [0.15, 0.2) is 0 Å². The molecule has 3 atom stereocenters. The fraction of sp³-hybridized carbons (Fsp3) is 1.00. The maximum atomic E-state index is 11.1. The monoisotopic (exact) mass is 396 g/mol. The van der Waals surface area contributed by atoms with Crippen LogP contribution in [0.5, 0.6) is 0 Å². The van der Waals surface area contributed by atoms with Gasteiger partial charge in [-0.15, -0.1) is 0 Å². The molecular formula is C19H40O6S. The van der Waals surface area contributed by atoms with Crippen molar-refractivity contribution >= 4 is 10.1 Å². The van der Waals surface area contributed by atoms with Gasteiger partial charge in [0.1, 0.15) is 12.2 Å². The summed E-state index contributed by atoms with van der Waals surface area (Å²) in [5.74, 6) is 0.800. The molecule has 0 spiro atoms. The normalized spacial score (nSPS) is 16.0. The lowest BCUT2D eigenvalue weighted by Gasteiger charge is -2.24. The summed E-state index contributed by atoms with van der Waals surface area (Å²) in [5.41, 5.74) is 0. The molecule has 0 aliphatic carbocycles. The van der Waals surface area contributed by atoms with Crippen molar-refractivity contribution in [2.75, 3.05) is 12.9 Å². The molecule has 6 nitrogen and oxygen atoms in total. The third kappa shape index (κ3) is 14.9. The molecule has 0 saturated heterocycles. The van der Waals surface area contributed by atoms with Crippen molar-refractivity contribution in [1.29, 1.82) is 0 Å². The van der Waals surface area contributed by atoms with Crippen molar-refractivity contribution in [2.45, 2.75) is 103 Å². The average Bonchev–Trinajstić information content (AvgIpc) is 2.55. The van der Waals surface area contributed by atoms with Crippen LogP contribution in [0, 0.1) is 5.92 Å². The number of unbranched alkanes of at least 4 members (excludes halogenated alkanes) is 8. The topological polar surface area (TPSA) is 104 Å². The van der Waals surface area contributed by atoms with Crippen LogP contribution >= 0.6 is 0 Å². The van der Waals surface area contributed by atoms with E-state index in [1.165, 1.54) is 44.9 Å². The molecule has 0 rings (SSSR count). The molecule has 0 bridgehead atoms. The molecule has 0 aliphatic rings. The number of aliphatic hydroxyl groups excluding tert-OH is 3. The molecule has 0 amide bonds. The summed E-state index contributed by atoms with van der Waals surface area (Å²) in [7, 11) is -3.79. The number of rotatable bonds is 17. The first-order chi connectivity index (χ1) is 12.2. The van der Waals surface area contributed by atoms with Gasteiger partial charge in [0.05, 0.1) is 19.0 Å². The van der Waals surface area contributed by atoms with Gasteiger partial charge in [0.25, 0.3) is 10.1 Å². The van der Waals surface area contributed by atoms with Crippen LogP contribution in [0.25, 0.3) is 0 Å². The van der Waals surface area contributed by atoms with Crippen molar-refractivity contribution in [2.24, 2.45) is 5.92 Å². The van der Waals surface area contributed by atoms with Crippen LogP contribution in [-0.4, -0.2) is 54.9 Å². The lowest BCUT2D eigenvalue weighted by molar-refractivity contribution is -0.0661. The molecule has 0 fully saturated rings. The summed E-state index contributed by atoms with van der Waals surface area (Å²) < 4.78 is 26.7. The quantitative estimate of drug-likeness (QED) is 0.258. The first-order valence-electron chi connectivity index (χ1n) is 10.0. The lowest BCUT2D eigenvalue weighted by atomic mass is 10.0. The van der Waals surface area contributed by atoms with Crippen molar-refractivity contribution < 1.29 is 27.9 Å². The van der Waals surface area contributed by atoms with Crippen LogP contribution < -0.4 is 0 Å². The number of hydrogen-bond donors (Lipinski definition) is 3. The Balaban J connectivity index is 3.68. The minimum Gasteiger partial charge on any atom is -0.394 e. The molecule has 0 unspecified atom stereocenters. The van der Waals surface area contributed by atoms with E-state index in [1.54, 1.807) is 0 Å². The zero-order valence-electron chi connectivity index (χ0n) is 16.8. The Hall–Kier alpha value is -0.210. The molecule has 158 valence electrons. The molecule has 0 aliphatic heterocycles. The van der Waals surface area contributed by atoms with E-state index < -0.39 is 35.0 Å². The Morgan fingerprint density at radius 2 is 1.23 bits per heavy atom. The van der Waals surface area contributed by atoms with E-state index in [4.69, 9.17) is 5.11 Å². The summed E-state index contributed by atoms with van der Waals surface area (Å²) in [6.45, 7) is 3.86. The van der Waals surface area contributed by atoms with Crippen molar-refractivity contribution in [3.05, 3.63) is 0 Å². The summed E-state index contributed by atoms with van der Waals surface area (Å²) in [4.78, 5) is 0. The lowest BCUT2D eigenvalue weighted by Crippen LogP contribution is -2.42. The van der Waals surface area contributed by atoms with Crippen LogP contribution in [0.2, 0.25) is 0 Å². The van der Waals surface area contributed by atoms with Crippen molar-refractivity contribution in [1.82, 2.24) is 0 Å². The second kappa shape index (κ2) is 14.8. The van der Waals surface area contributed by atoms with E-state index >= 15 is 0 Å². The minimum absolute atomic E-state index is 0.361. The fourth-order valence-corrected chi connectivity index (χ4v) is 3.61. The van der Waals surface area contributed by atoms with Gasteiger partial charge in [0.15, 0.2) is 0 Å². The van der Waals surface area contributed by atoms with E-state index in [0.29, 0.717) is 6.42 Å². The molecule has 26 heavy (non-hydrogen) atoms. The molecule has 3 N–H and O–H groups in total. The molecular weight excluding hydrogens is 356 g/mol. The Morgan fingerprint density at radius 3 is 1.62 bits per heavy atom. The SMILES string of the molecule is CC(C)CCCCCCCCCCC[C@@H](O)[C@@H](O)[C@@H](CO)OS(C)(=O)=O. The van der Waals surface area contributed by atoms with Gasteiger partial charge in [-0.2, -0.15) is 8.42 Å². The number of hydrogen-bond acceptors (Lipinski definition) is 6. The highest BCUT2D eigenvalue weighted by Gasteiger charge is 2.29. The van der Waals surface area contributed by atoms with E-state index in [-0.39, 0.29) is 0 Å². The predicted molar refractivity (Wildman–Crippen MR) is 104 cm³/mol. The third-order valence-electron chi connectivity index (χ3n) is 4.53. The first-order valence-corrected chi connectivity index (χ1v) is 11.8.